The Morgan fingerprint density at radius 1 is 1.20 bits per heavy atom. The molecule has 2 heterocycles. The fourth-order valence-electron chi connectivity index (χ4n) is 4.50. The van der Waals surface area contributed by atoms with E-state index in [0.717, 1.165) is 24.5 Å². The van der Waals surface area contributed by atoms with Crippen LogP contribution in [-0.2, 0) is 11.3 Å². The van der Waals surface area contributed by atoms with Crippen LogP contribution in [0.4, 0.5) is 8.78 Å². The van der Waals surface area contributed by atoms with Gasteiger partial charge in [0.2, 0.25) is 11.2 Å². The fraction of sp³-hybridized carbons (Fsp3) is 0.385. The minimum absolute atomic E-state index is 0.0179. The van der Waals surface area contributed by atoms with Gasteiger partial charge in [0.1, 0.15) is 18.8 Å². The number of rotatable bonds is 8. The number of aliphatic hydroxyl groups excluding tert-OH is 1. The summed E-state index contributed by atoms with van der Waals surface area (Å²) in [5, 5.41) is 12.4. The van der Waals surface area contributed by atoms with Crippen molar-refractivity contribution < 1.29 is 28.2 Å². The van der Waals surface area contributed by atoms with Gasteiger partial charge in [-0.15, -0.1) is 0 Å². The molecule has 1 saturated carbocycles. The predicted octanol–water partition coefficient (Wildman–Crippen LogP) is 3.32. The number of aliphatic hydroxyl groups is 1. The second-order valence-electron chi connectivity index (χ2n) is 9.17. The lowest BCUT2D eigenvalue weighted by atomic mass is 10.1. The molecule has 0 unspecified atom stereocenters. The summed E-state index contributed by atoms with van der Waals surface area (Å²) in [6, 6.07) is 9.66. The van der Waals surface area contributed by atoms with Gasteiger partial charge in [-0.1, -0.05) is 30.3 Å². The second kappa shape index (κ2) is 9.75. The first-order valence-electron chi connectivity index (χ1n) is 11.7. The van der Waals surface area contributed by atoms with Crippen LogP contribution in [0.25, 0.3) is 10.9 Å². The molecule has 35 heavy (non-hydrogen) atoms. The molecule has 1 aliphatic heterocycles. The second-order valence-corrected chi connectivity index (χ2v) is 9.17. The summed E-state index contributed by atoms with van der Waals surface area (Å²) in [6.07, 6.45) is 3.56. The Balaban J connectivity index is 1.50. The molecule has 2 aromatic carbocycles. The number of hydrogen-bond acceptors (Lipinski definition) is 6. The molecule has 2 N–H and O–H groups in total. The van der Waals surface area contributed by atoms with Gasteiger partial charge in [-0.05, 0) is 36.8 Å². The van der Waals surface area contributed by atoms with Gasteiger partial charge in [-0.2, -0.15) is 4.39 Å². The highest BCUT2D eigenvalue weighted by atomic mass is 19.2. The summed E-state index contributed by atoms with van der Waals surface area (Å²) < 4.78 is 42.3. The molecule has 0 spiro atoms. The average molecular weight is 484 g/mol. The Morgan fingerprint density at radius 2 is 1.97 bits per heavy atom. The summed E-state index contributed by atoms with van der Waals surface area (Å²) in [5.41, 5.74) is -0.0804. The van der Waals surface area contributed by atoms with Crippen LogP contribution in [-0.4, -0.2) is 41.4 Å². The zero-order valence-corrected chi connectivity index (χ0v) is 19.0. The molecule has 0 radical (unpaired) electrons. The third kappa shape index (κ3) is 4.78. The largest absolute Gasteiger partial charge is 0.487 e. The lowest BCUT2D eigenvalue weighted by Gasteiger charge is -2.19. The minimum atomic E-state index is -1.23. The van der Waals surface area contributed by atoms with Crippen molar-refractivity contribution in [2.75, 3.05) is 19.8 Å². The highest BCUT2D eigenvalue weighted by molar-refractivity contribution is 5.95. The molecule has 1 aromatic heterocycles. The Kier molecular flexibility index (Phi) is 6.53. The first-order chi connectivity index (χ1) is 17.0. The van der Waals surface area contributed by atoms with Gasteiger partial charge >= 0.3 is 5.97 Å². The van der Waals surface area contributed by atoms with Crippen molar-refractivity contribution in [3.05, 3.63) is 75.6 Å². The van der Waals surface area contributed by atoms with E-state index in [-0.39, 0.29) is 60.0 Å². The predicted molar refractivity (Wildman–Crippen MR) is 124 cm³/mol. The summed E-state index contributed by atoms with van der Waals surface area (Å²) in [7, 11) is 0. The quantitative estimate of drug-likeness (QED) is 0.477. The maximum absolute atomic E-state index is 14.9. The smallest absolute Gasteiger partial charge is 0.343 e. The van der Waals surface area contributed by atoms with Crippen molar-refractivity contribution in [1.82, 2.24) is 9.88 Å². The van der Waals surface area contributed by atoms with Crippen LogP contribution < -0.4 is 15.5 Å². The lowest BCUT2D eigenvalue weighted by Crippen LogP contribution is -2.29. The van der Waals surface area contributed by atoms with Crippen molar-refractivity contribution in [1.29, 1.82) is 0 Å². The van der Waals surface area contributed by atoms with Crippen LogP contribution >= 0.6 is 0 Å². The molecule has 2 atom stereocenters. The maximum atomic E-state index is 14.9. The highest BCUT2D eigenvalue weighted by Crippen LogP contribution is 2.40. The van der Waals surface area contributed by atoms with Crippen LogP contribution in [0, 0.1) is 17.6 Å². The number of carbonyl (C=O) groups excluding carboxylic acids is 1. The van der Waals surface area contributed by atoms with Crippen LogP contribution in [0.5, 0.6) is 5.75 Å². The van der Waals surface area contributed by atoms with Crippen LogP contribution in [0.1, 0.15) is 41.2 Å². The van der Waals surface area contributed by atoms with E-state index in [0.29, 0.717) is 13.0 Å². The summed E-state index contributed by atoms with van der Waals surface area (Å²) in [5.74, 6) is -3.50. The number of hydrogen-bond donors (Lipinski definition) is 2. The van der Waals surface area contributed by atoms with Gasteiger partial charge in [0, 0.05) is 31.4 Å². The number of ether oxygens (including phenoxy) is 2. The van der Waals surface area contributed by atoms with Crippen molar-refractivity contribution >= 4 is 16.9 Å². The Morgan fingerprint density at radius 3 is 2.66 bits per heavy atom. The van der Waals surface area contributed by atoms with Gasteiger partial charge in [0.05, 0.1) is 10.9 Å². The summed E-state index contributed by atoms with van der Waals surface area (Å²) >= 11 is 0. The zero-order chi connectivity index (χ0) is 24.5. The van der Waals surface area contributed by atoms with Crippen LogP contribution in [0.15, 0.2) is 47.4 Å². The van der Waals surface area contributed by atoms with E-state index in [1.807, 2.05) is 18.2 Å². The number of halogens is 2. The molecule has 184 valence electrons. The third-order valence-corrected chi connectivity index (χ3v) is 6.54. The molecule has 1 saturated heterocycles. The van der Waals surface area contributed by atoms with Gasteiger partial charge in [0.25, 0.3) is 0 Å². The number of nitrogens with one attached hydrogen (secondary N) is 1. The first kappa shape index (κ1) is 23.4. The normalized spacial score (nSPS) is 19.7. The van der Waals surface area contributed by atoms with Crippen LogP contribution in [0.3, 0.4) is 0 Å². The van der Waals surface area contributed by atoms with E-state index in [9.17, 15) is 23.5 Å². The van der Waals surface area contributed by atoms with Gasteiger partial charge in [0.15, 0.2) is 11.6 Å². The number of nitrogens with zero attached hydrogens (tertiary/aromatic N) is 1. The molecule has 1 aliphatic carbocycles. The van der Waals surface area contributed by atoms with E-state index in [1.165, 1.54) is 6.20 Å². The fourth-order valence-corrected chi connectivity index (χ4v) is 4.50. The number of esters is 1. The third-order valence-electron chi connectivity index (χ3n) is 6.54. The topological polar surface area (TPSA) is 89.8 Å². The Bertz CT molecular complexity index is 1310. The van der Waals surface area contributed by atoms with E-state index in [1.54, 1.807) is 16.7 Å². The zero-order valence-electron chi connectivity index (χ0n) is 19.0. The van der Waals surface area contributed by atoms with Crippen molar-refractivity contribution in [2.24, 2.45) is 5.92 Å². The van der Waals surface area contributed by atoms with E-state index in [4.69, 9.17) is 9.47 Å². The highest BCUT2D eigenvalue weighted by Gasteiger charge is 2.31. The standard InChI is InChI=1S/C26H26F2N2O5/c27-21-9-19-23(25(22(21)28)34-14-17-8-16(12-31)10-29-17)30(18-6-7-18)11-20(24(19)32)26(33)35-13-15-4-2-1-3-5-15/h1-5,9,11,16-18,29,31H,6-8,10,12-14H2/t16-,17-/m0/s1. The lowest BCUT2D eigenvalue weighted by molar-refractivity contribution is 0.0470. The molecular formula is C26H26F2N2O5. The van der Waals surface area contributed by atoms with E-state index >= 15 is 0 Å². The molecule has 3 aromatic rings. The van der Waals surface area contributed by atoms with E-state index in [2.05, 4.69) is 5.32 Å². The molecule has 2 fully saturated rings. The molecule has 0 amide bonds. The number of aromatic nitrogens is 1. The molecule has 0 bridgehead atoms. The summed E-state index contributed by atoms with van der Waals surface area (Å²) in [6.45, 7) is 0.672. The van der Waals surface area contributed by atoms with Crippen molar-refractivity contribution in [3.8, 4) is 5.75 Å². The van der Waals surface area contributed by atoms with Crippen molar-refractivity contribution in [2.45, 2.75) is 38.0 Å². The van der Waals surface area contributed by atoms with E-state index < -0.39 is 23.0 Å². The van der Waals surface area contributed by atoms with Gasteiger partial charge in [-0.25, -0.2) is 9.18 Å². The van der Waals surface area contributed by atoms with Gasteiger partial charge in [-0.3, -0.25) is 4.79 Å². The number of benzene rings is 2. The number of carbonyl (C=O) groups is 1. The molecule has 7 nitrogen and oxygen atoms in total. The van der Waals surface area contributed by atoms with Crippen molar-refractivity contribution in [3.63, 3.8) is 0 Å². The molecule has 2 aliphatic rings. The monoisotopic (exact) mass is 484 g/mol. The molecule has 5 rings (SSSR count). The average Bonchev–Trinajstić information content (AvgIpc) is 3.61. The van der Waals surface area contributed by atoms with Crippen LogP contribution in [0.2, 0.25) is 0 Å². The minimum Gasteiger partial charge on any atom is -0.487 e. The summed E-state index contributed by atoms with van der Waals surface area (Å²) in [4.78, 5) is 26.0. The molecule has 9 heteroatoms. The Labute approximate surface area is 200 Å². The Hall–Kier alpha value is -3.30. The number of fused-ring (bicyclic) bond motifs is 1. The SMILES string of the molecule is O=C(OCc1ccccc1)c1cn(C2CC2)c2c(OC[C@@H]3C[C@H](CO)CN3)c(F)c(F)cc2c1=O. The number of pyridine rings is 1. The maximum Gasteiger partial charge on any atom is 0.343 e. The first-order valence-corrected chi connectivity index (χ1v) is 11.7. The molecular weight excluding hydrogens is 458 g/mol. The van der Waals surface area contributed by atoms with Gasteiger partial charge < -0.3 is 24.5 Å².